The Labute approximate surface area is 206 Å². The van der Waals surface area contributed by atoms with E-state index in [1.165, 1.54) is 25.8 Å². The van der Waals surface area contributed by atoms with E-state index in [4.69, 9.17) is 0 Å². The molecule has 1 aromatic heterocycles. The minimum atomic E-state index is -3.76. The van der Waals surface area contributed by atoms with E-state index in [-0.39, 0.29) is 10.8 Å². The van der Waals surface area contributed by atoms with Crippen molar-refractivity contribution in [2.24, 2.45) is 5.92 Å². The zero-order valence-electron chi connectivity index (χ0n) is 19.9. The van der Waals surface area contributed by atoms with Crippen molar-refractivity contribution >= 4 is 33.1 Å². The molecule has 35 heavy (non-hydrogen) atoms. The van der Waals surface area contributed by atoms with Crippen LogP contribution in [0, 0.1) is 5.92 Å². The minimum Gasteiger partial charge on any atom is -0.355 e. The van der Waals surface area contributed by atoms with Gasteiger partial charge in [-0.15, -0.1) is 10.2 Å². The Morgan fingerprint density at radius 3 is 2.37 bits per heavy atom. The second kappa shape index (κ2) is 9.30. The molecule has 0 unspecified atom stereocenters. The molecule has 0 bridgehead atoms. The van der Waals surface area contributed by atoms with Crippen LogP contribution in [0.5, 0.6) is 0 Å². The molecule has 3 heterocycles. The Hall–Kier alpha value is -3.46. The van der Waals surface area contributed by atoms with Crippen LogP contribution in [0.3, 0.4) is 0 Å². The number of hydrogen-bond acceptors (Lipinski definition) is 6. The highest BCUT2D eigenvalue weighted by Crippen LogP contribution is 2.31. The van der Waals surface area contributed by atoms with Gasteiger partial charge in [0.2, 0.25) is 5.91 Å². The average Bonchev–Trinajstić information content (AvgIpc) is 3.29. The number of nitrogens with zero attached hydrogens (tertiary/aromatic N) is 4. The summed E-state index contributed by atoms with van der Waals surface area (Å²) >= 11 is 0. The number of fused-ring (bicyclic) bond motifs is 1. The van der Waals surface area contributed by atoms with E-state index in [2.05, 4.69) is 26.7 Å². The average molecular weight is 492 g/mol. The smallest absolute Gasteiger partial charge is 0.261 e. The van der Waals surface area contributed by atoms with Gasteiger partial charge in [0.15, 0.2) is 5.82 Å². The van der Waals surface area contributed by atoms with Crippen LogP contribution in [0.4, 0.5) is 17.2 Å². The van der Waals surface area contributed by atoms with Crippen molar-refractivity contribution in [2.75, 3.05) is 34.2 Å². The highest BCUT2D eigenvalue weighted by atomic mass is 32.2. The van der Waals surface area contributed by atoms with Crippen LogP contribution in [-0.4, -0.2) is 44.2 Å². The van der Waals surface area contributed by atoms with Gasteiger partial charge in [-0.3, -0.25) is 9.52 Å². The Bertz CT molecular complexity index is 1330. The third kappa shape index (κ3) is 4.86. The zero-order valence-corrected chi connectivity index (χ0v) is 20.8. The molecule has 0 aliphatic carbocycles. The quantitative estimate of drug-likeness (QED) is 0.578. The maximum atomic E-state index is 13.0. The second-order valence-corrected chi connectivity index (χ2v) is 11.0. The van der Waals surface area contributed by atoms with Gasteiger partial charge in [0, 0.05) is 43.5 Å². The summed E-state index contributed by atoms with van der Waals surface area (Å²) in [7, 11) is -3.76. The molecular weight excluding hydrogens is 462 g/mol. The monoisotopic (exact) mass is 491 g/mol. The summed E-state index contributed by atoms with van der Waals surface area (Å²) in [6, 6.07) is 15.9. The topological polar surface area (TPSA) is 95.5 Å². The lowest BCUT2D eigenvalue weighted by molar-refractivity contribution is -0.116. The molecule has 2 aliphatic rings. The van der Waals surface area contributed by atoms with E-state index in [0.29, 0.717) is 18.7 Å². The Morgan fingerprint density at radius 2 is 1.71 bits per heavy atom. The van der Waals surface area contributed by atoms with E-state index < -0.39 is 10.0 Å². The molecule has 0 atom stereocenters. The summed E-state index contributed by atoms with van der Waals surface area (Å²) in [5.74, 6) is 1.61. The van der Waals surface area contributed by atoms with Crippen LogP contribution in [-0.2, 0) is 21.2 Å². The molecular formula is C26H29N5O3S. The fraction of sp³-hybridized carbons (Fsp3) is 0.346. The van der Waals surface area contributed by atoms with Gasteiger partial charge < -0.3 is 9.80 Å². The van der Waals surface area contributed by atoms with E-state index in [0.717, 1.165) is 47.3 Å². The number of piperidine rings is 1. The number of rotatable bonds is 5. The highest BCUT2D eigenvalue weighted by molar-refractivity contribution is 7.92. The molecule has 182 valence electrons. The zero-order chi connectivity index (χ0) is 24.6. The lowest BCUT2D eigenvalue weighted by Crippen LogP contribution is -2.33. The van der Waals surface area contributed by atoms with Crippen molar-refractivity contribution in [2.45, 2.75) is 38.0 Å². The van der Waals surface area contributed by atoms with Gasteiger partial charge in [0.05, 0.1) is 10.6 Å². The standard InChI is InChI=1S/C26H29N5O3S/c1-18-11-14-30(15-12-18)26-10-8-24(27-28-26)20-3-5-22(6-4-20)29-35(33,34)23-7-9-25-21(17-23)13-16-31(25)19(2)32/h3-10,17-18,29H,11-16H2,1-2H3. The van der Waals surface area contributed by atoms with Gasteiger partial charge in [0.25, 0.3) is 10.0 Å². The first-order valence-electron chi connectivity index (χ1n) is 11.9. The molecule has 0 saturated carbocycles. The van der Waals surface area contributed by atoms with Crippen LogP contribution in [0.25, 0.3) is 11.3 Å². The number of amides is 1. The van der Waals surface area contributed by atoms with E-state index >= 15 is 0 Å². The van der Waals surface area contributed by atoms with E-state index in [9.17, 15) is 13.2 Å². The van der Waals surface area contributed by atoms with Crippen molar-refractivity contribution < 1.29 is 13.2 Å². The Morgan fingerprint density at radius 1 is 0.971 bits per heavy atom. The largest absolute Gasteiger partial charge is 0.355 e. The van der Waals surface area contributed by atoms with Crippen LogP contribution >= 0.6 is 0 Å². The number of sulfonamides is 1. The van der Waals surface area contributed by atoms with Crippen LogP contribution in [0.2, 0.25) is 0 Å². The predicted molar refractivity (Wildman–Crippen MR) is 137 cm³/mol. The summed E-state index contributed by atoms with van der Waals surface area (Å²) < 4.78 is 28.6. The lowest BCUT2D eigenvalue weighted by Gasteiger charge is -2.30. The molecule has 5 rings (SSSR count). The van der Waals surface area contributed by atoms with Gasteiger partial charge in [-0.05, 0) is 73.2 Å². The lowest BCUT2D eigenvalue weighted by atomic mass is 9.99. The summed E-state index contributed by atoms with van der Waals surface area (Å²) in [6.45, 7) is 6.38. The summed E-state index contributed by atoms with van der Waals surface area (Å²) in [6.07, 6.45) is 2.98. The van der Waals surface area contributed by atoms with Gasteiger partial charge in [0.1, 0.15) is 0 Å². The van der Waals surface area contributed by atoms with Gasteiger partial charge in [-0.2, -0.15) is 0 Å². The molecule has 3 aromatic rings. The molecule has 2 aromatic carbocycles. The summed E-state index contributed by atoms with van der Waals surface area (Å²) in [4.78, 5) is 15.9. The number of hydrogen-bond donors (Lipinski definition) is 1. The normalized spacial score (nSPS) is 16.3. The van der Waals surface area contributed by atoms with E-state index in [1.54, 1.807) is 29.2 Å². The molecule has 0 radical (unpaired) electrons. The number of aromatic nitrogens is 2. The molecule has 1 N–H and O–H groups in total. The highest BCUT2D eigenvalue weighted by Gasteiger charge is 2.25. The second-order valence-electron chi connectivity index (χ2n) is 9.34. The van der Waals surface area contributed by atoms with Crippen molar-refractivity contribution in [1.82, 2.24) is 10.2 Å². The van der Waals surface area contributed by atoms with Crippen LogP contribution < -0.4 is 14.5 Å². The molecule has 1 amide bonds. The third-order valence-corrected chi connectivity index (χ3v) is 8.21. The molecule has 0 spiro atoms. The molecule has 2 aliphatic heterocycles. The van der Waals surface area contributed by atoms with Gasteiger partial charge >= 0.3 is 0 Å². The van der Waals surface area contributed by atoms with Gasteiger partial charge in [-0.1, -0.05) is 19.1 Å². The number of carbonyl (C=O) groups is 1. The first-order chi connectivity index (χ1) is 16.8. The van der Waals surface area contributed by atoms with Crippen LogP contribution in [0.1, 0.15) is 32.3 Å². The predicted octanol–water partition coefficient (Wildman–Crippen LogP) is 4.09. The molecule has 1 saturated heterocycles. The van der Waals surface area contributed by atoms with Crippen molar-refractivity contribution in [1.29, 1.82) is 0 Å². The Kier molecular flexibility index (Phi) is 6.19. The number of anilines is 3. The molecule has 8 nitrogen and oxygen atoms in total. The number of nitrogens with one attached hydrogen (secondary N) is 1. The first-order valence-corrected chi connectivity index (χ1v) is 13.4. The molecule has 1 fully saturated rings. The van der Waals surface area contributed by atoms with Crippen molar-refractivity contribution in [3.63, 3.8) is 0 Å². The maximum Gasteiger partial charge on any atom is 0.261 e. The number of benzene rings is 2. The fourth-order valence-corrected chi connectivity index (χ4v) is 5.79. The fourth-order valence-electron chi connectivity index (χ4n) is 4.68. The summed E-state index contributed by atoms with van der Waals surface area (Å²) in [5.41, 5.74) is 3.71. The maximum absolute atomic E-state index is 13.0. The van der Waals surface area contributed by atoms with Crippen molar-refractivity contribution in [3.8, 4) is 11.3 Å². The summed E-state index contributed by atoms with van der Waals surface area (Å²) in [5, 5.41) is 8.80. The van der Waals surface area contributed by atoms with Crippen LogP contribution in [0.15, 0.2) is 59.5 Å². The first kappa shape index (κ1) is 23.3. The number of carbonyl (C=O) groups excluding carboxylic acids is 1. The minimum absolute atomic E-state index is 0.0435. The van der Waals surface area contributed by atoms with E-state index in [1.807, 2.05) is 24.3 Å². The van der Waals surface area contributed by atoms with Crippen molar-refractivity contribution in [3.05, 3.63) is 60.2 Å². The Balaban J connectivity index is 1.27. The third-order valence-electron chi connectivity index (χ3n) is 6.83. The van der Waals surface area contributed by atoms with Gasteiger partial charge in [-0.25, -0.2) is 8.42 Å². The molecule has 9 heteroatoms. The SMILES string of the molecule is CC(=O)N1CCc2cc(S(=O)(=O)Nc3ccc(-c4ccc(N5CCC(C)CC5)nn4)cc3)ccc21.